The Morgan fingerprint density at radius 1 is 1.56 bits per heavy atom. The van der Waals surface area contributed by atoms with E-state index in [0.29, 0.717) is 11.9 Å². The SMILES string of the molecule is Cc1c(NN)ncnc1N1CCCC1CCCO. The molecular weight excluding hydrogens is 230 g/mol. The third kappa shape index (κ3) is 2.54. The van der Waals surface area contributed by atoms with Gasteiger partial charge in [-0.1, -0.05) is 0 Å². The number of aliphatic hydroxyl groups excluding tert-OH is 1. The van der Waals surface area contributed by atoms with Crippen LogP contribution in [0.4, 0.5) is 11.6 Å². The topological polar surface area (TPSA) is 87.3 Å². The summed E-state index contributed by atoms with van der Waals surface area (Å²) in [4.78, 5) is 10.8. The van der Waals surface area contributed by atoms with Crippen LogP contribution in [-0.2, 0) is 0 Å². The molecule has 1 aromatic rings. The molecule has 0 bridgehead atoms. The van der Waals surface area contributed by atoms with E-state index in [-0.39, 0.29) is 6.61 Å². The third-order valence-electron chi connectivity index (χ3n) is 3.54. The van der Waals surface area contributed by atoms with Gasteiger partial charge in [-0.25, -0.2) is 15.8 Å². The van der Waals surface area contributed by atoms with Crippen LogP contribution in [0.15, 0.2) is 6.33 Å². The summed E-state index contributed by atoms with van der Waals surface area (Å²) in [6.07, 6.45) is 5.72. The Morgan fingerprint density at radius 3 is 3.11 bits per heavy atom. The van der Waals surface area contributed by atoms with Crippen molar-refractivity contribution in [3.63, 3.8) is 0 Å². The number of nitrogens with two attached hydrogens (primary N) is 1. The number of nitrogen functional groups attached to an aromatic ring is 1. The number of hydrogen-bond donors (Lipinski definition) is 3. The van der Waals surface area contributed by atoms with Crippen LogP contribution in [0, 0.1) is 6.92 Å². The second-order valence-electron chi connectivity index (χ2n) is 4.67. The Kier molecular flexibility index (Phi) is 4.33. The van der Waals surface area contributed by atoms with Crippen molar-refractivity contribution >= 4 is 11.6 Å². The molecule has 100 valence electrons. The van der Waals surface area contributed by atoms with Crippen LogP contribution in [0.25, 0.3) is 0 Å². The molecule has 1 aromatic heterocycles. The van der Waals surface area contributed by atoms with Crippen LogP contribution >= 0.6 is 0 Å². The van der Waals surface area contributed by atoms with Crippen LogP contribution in [0.5, 0.6) is 0 Å². The monoisotopic (exact) mass is 251 g/mol. The minimum absolute atomic E-state index is 0.253. The molecule has 1 saturated heterocycles. The molecule has 0 radical (unpaired) electrons. The number of hydrogen-bond acceptors (Lipinski definition) is 6. The zero-order valence-electron chi connectivity index (χ0n) is 10.8. The lowest BCUT2D eigenvalue weighted by Gasteiger charge is -2.27. The van der Waals surface area contributed by atoms with Crippen LogP contribution in [0.3, 0.4) is 0 Å². The molecule has 2 rings (SSSR count). The fraction of sp³-hybridized carbons (Fsp3) is 0.667. The predicted molar refractivity (Wildman–Crippen MR) is 71.3 cm³/mol. The highest BCUT2D eigenvalue weighted by molar-refractivity contribution is 5.58. The molecular formula is C12H21N5O. The average molecular weight is 251 g/mol. The fourth-order valence-electron chi connectivity index (χ4n) is 2.62. The van der Waals surface area contributed by atoms with Crippen molar-refractivity contribution < 1.29 is 5.11 Å². The lowest BCUT2D eigenvalue weighted by Crippen LogP contribution is -2.31. The summed E-state index contributed by atoms with van der Waals surface area (Å²) < 4.78 is 0. The Hall–Kier alpha value is -1.40. The van der Waals surface area contributed by atoms with E-state index in [1.165, 1.54) is 6.42 Å². The number of aliphatic hydroxyl groups is 1. The van der Waals surface area contributed by atoms with Crippen LogP contribution in [0.1, 0.15) is 31.2 Å². The minimum Gasteiger partial charge on any atom is -0.396 e. The van der Waals surface area contributed by atoms with Gasteiger partial charge in [0.15, 0.2) is 0 Å². The first kappa shape index (κ1) is 13.0. The van der Waals surface area contributed by atoms with Crippen molar-refractivity contribution in [2.75, 3.05) is 23.5 Å². The molecule has 1 atom stereocenters. The van der Waals surface area contributed by atoms with Crippen LogP contribution in [0.2, 0.25) is 0 Å². The second kappa shape index (κ2) is 5.97. The van der Waals surface area contributed by atoms with Gasteiger partial charge in [-0.3, -0.25) is 0 Å². The maximum absolute atomic E-state index is 8.95. The highest BCUT2D eigenvalue weighted by Crippen LogP contribution is 2.30. The summed E-state index contributed by atoms with van der Waals surface area (Å²) >= 11 is 0. The Labute approximate surface area is 107 Å². The zero-order valence-corrected chi connectivity index (χ0v) is 10.8. The van der Waals surface area contributed by atoms with E-state index in [4.69, 9.17) is 10.9 Å². The number of hydrazine groups is 1. The van der Waals surface area contributed by atoms with Crippen LogP contribution < -0.4 is 16.2 Å². The summed E-state index contributed by atoms with van der Waals surface area (Å²) in [5.74, 6) is 7.07. The predicted octanol–water partition coefficient (Wildman–Crippen LogP) is 0.812. The van der Waals surface area contributed by atoms with Crippen molar-refractivity contribution in [3.8, 4) is 0 Å². The van der Waals surface area contributed by atoms with Crippen molar-refractivity contribution in [3.05, 3.63) is 11.9 Å². The maximum atomic E-state index is 8.95. The molecule has 4 N–H and O–H groups in total. The molecule has 18 heavy (non-hydrogen) atoms. The molecule has 6 heteroatoms. The van der Waals surface area contributed by atoms with E-state index in [0.717, 1.165) is 37.2 Å². The van der Waals surface area contributed by atoms with Crippen LogP contribution in [-0.4, -0.2) is 34.3 Å². The van der Waals surface area contributed by atoms with E-state index in [9.17, 15) is 0 Å². The average Bonchev–Trinajstić information content (AvgIpc) is 2.84. The second-order valence-corrected chi connectivity index (χ2v) is 4.67. The largest absolute Gasteiger partial charge is 0.396 e. The van der Waals surface area contributed by atoms with Gasteiger partial charge in [0.1, 0.15) is 18.0 Å². The molecule has 1 fully saturated rings. The molecule has 0 saturated carbocycles. The Balaban J connectivity index is 2.19. The van der Waals surface area contributed by atoms with Crippen molar-refractivity contribution in [1.82, 2.24) is 9.97 Å². The molecule has 0 aliphatic carbocycles. The van der Waals surface area contributed by atoms with Gasteiger partial charge in [-0.15, -0.1) is 0 Å². The van der Waals surface area contributed by atoms with E-state index >= 15 is 0 Å². The first-order chi connectivity index (χ1) is 8.77. The number of aromatic nitrogens is 2. The fourth-order valence-corrected chi connectivity index (χ4v) is 2.62. The summed E-state index contributed by atoms with van der Waals surface area (Å²) in [7, 11) is 0. The first-order valence-electron chi connectivity index (χ1n) is 6.43. The highest BCUT2D eigenvalue weighted by atomic mass is 16.2. The van der Waals surface area contributed by atoms with E-state index < -0.39 is 0 Å². The lowest BCUT2D eigenvalue weighted by atomic mass is 10.1. The van der Waals surface area contributed by atoms with Crippen molar-refractivity contribution in [2.24, 2.45) is 5.84 Å². The van der Waals surface area contributed by atoms with E-state index in [1.807, 2.05) is 6.92 Å². The molecule has 0 amide bonds. The first-order valence-corrected chi connectivity index (χ1v) is 6.43. The minimum atomic E-state index is 0.253. The molecule has 2 heterocycles. The van der Waals surface area contributed by atoms with Gasteiger partial charge in [0.2, 0.25) is 0 Å². The molecule has 6 nitrogen and oxygen atoms in total. The molecule has 1 unspecified atom stereocenters. The molecule has 1 aliphatic rings. The summed E-state index contributed by atoms with van der Waals surface area (Å²) in [5, 5.41) is 8.95. The van der Waals surface area contributed by atoms with E-state index in [1.54, 1.807) is 6.33 Å². The van der Waals surface area contributed by atoms with Gasteiger partial charge in [-0.05, 0) is 32.6 Å². The quantitative estimate of drug-likeness (QED) is 0.530. The standard InChI is InChI=1S/C12H21N5O/c1-9-11(16-13)14-8-15-12(9)17-6-2-4-10(17)5-3-7-18/h8,10,18H,2-7,13H2,1H3,(H,14,15,16). The highest BCUT2D eigenvalue weighted by Gasteiger charge is 2.26. The summed E-state index contributed by atoms with van der Waals surface area (Å²) in [6, 6.07) is 0.469. The Bertz CT molecular complexity index is 398. The number of nitrogens with one attached hydrogen (secondary N) is 1. The smallest absolute Gasteiger partial charge is 0.148 e. The third-order valence-corrected chi connectivity index (χ3v) is 3.54. The van der Waals surface area contributed by atoms with Gasteiger partial charge < -0.3 is 15.4 Å². The normalized spacial score (nSPS) is 19.3. The zero-order chi connectivity index (χ0) is 13.0. The summed E-state index contributed by atoms with van der Waals surface area (Å²) in [5.41, 5.74) is 3.58. The van der Waals surface area contributed by atoms with Crippen molar-refractivity contribution in [2.45, 2.75) is 38.6 Å². The van der Waals surface area contributed by atoms with Gasteiger partial charge in [0.25, 0.3) is 0 Å². The van der Waals surface area contributed by atoms with Gasteiger partial charge in [0.05, 0.1) is 0 Å². The van der Waals surface area contributed by atoms with Gasteiger partial charge in [-0.2, -0.15) is 0 Å². The van der Waals surface area contributed by atoms with Gasteiger partial charge in [0, 0.05) is 24.8 Å². The van der Waals surface area contributed by atoms with Gasteiger partial charge >= 0.3 is 0 Å². The number of nitrogens with zero attached hydrogens (tertiary/aromatic N) is 3. The maximum Gasteiger partial charge on any atom is 0.148 e. The number of anilines is 2. The lowest BCUT2D eigenvalue weighted by molar-refractivity contribution is 0.279. The van der Waals surface area contributed by atoms with Crippen molar-refractivity contribution in [1.29, 1.82) is 0 Å². The number of rotatable bonds is 5. The Morgan fingerprint density at radius 2 is 2.39 bits per heavy atom. The van der Waals surface area contributed by atoms with E-state index in [2.05, 4.69) is 20.3 Å². The summed E-state index contributed by atoms with van der Waals surface area (Å²) in [6.45, 7) is 3.24. The molecule has 0 aromatic carbocycles. The molecule has 0 spiro atoms. The molecule has 1 aliphatic heterocycles.